The molecule has 2 heterocycles. The molecule has 116 valence electrons. The molecule has 1 aliphatic heterocycles. The van der Waals surface area contributed by atoms with Gasteiger partial charge in [0.25, 0.3) is 0 Å². The number of hydrogen-bond donors (Lipinski definition) is 0. The predicted molar refractivity (Wildman–Crippen MR) is 90.8 cm³/mol. The Labute approximate surface area is 135 Å². The summed E-state index contributed by atoms with van der Waals surface area (Å²) >= 11 is 0. The number of halogens is 1. The molecule has 1 fully saturated rings. The molecule has 0 spiro atoms. The van der Waals surface area contributed by atoms with Crippen molar-refractivity contribution >= 4 is 10.9 Å². The molecule has 4 rings (SSSR count). The van der Waals surface area contributed by atoms with Crippen molar-refractivity contribution < 1.29 is 4.39 Å². The van der Waals surface area contributed by atoms with Crippen LogP contribution in [0.4, 0.5) is 4.39 Å². The van der Waals surface area contributed by atoms with Crippen molar-refractivity contribution in [1.82, 2.24) is 9.88 Å². The number of hydrogen-bond acceptors (Lipinski definition) is 2. The van der Waals surface area contributed by atoms with Crippen LogP contribution in [0.2, 0.25) is 0 Å². The topological polar surface area (TPSA) is 16.1 Å². The maximum Gasteiger partial charge on any atom is 0.123 e. The highest BCUT2D eigenvalue weighted by molar-refractivity contribution is 5.79. The third-order valence-electron chi connectivity index (χ3n) is 4.64. The molecule has 0 radical (unpaired) electrons. The van der Waals surface area contributed by atoms with Crippen molar-refractivity contribution in [2.75, 3.05) is 13.1 Å². The minimum absolute atomic E-state index is 0.171. The van der Waals surface area contributed by atoms with Crippen LogP contribution in [0.1, 0.15) is 30.0 Å². The zero-order valence-electron chi connectivity index (χ0n) is 13.0. The van der Waals surface area contributed by atoms with Crippen molar-refractivity contribution in [2.45, 2.75) is 18.9 Å². The average molecular weight is 306 g/mol. The van der Waals surface area contributed by atoms with Gasteiger partial charge in [0, 0.05) is 11.6 Å². The number of nitrogens with zero attached hydrogens (tertiary/aromatic N) is 2. The van der Waals surface area contributed by atoms with Crippen molar-refractivity contribution in [1.29, 1.82) is 0 Å². The summed E-state index contributed by atoms with van der Waals surface area (Å²) in [4.78, 5) is 6.96. The van der Waals surface area contributed by atoms with Crippen LogP contribution in [0.25, 0.3) is 10.9 Å². The van der Waals surface area contributed by atoms with E-state index in [1.54, 1.807) is 12.1 Å². The van der Waals surface area contributed by atoms with Gasteiger partial charge in [-0.15, -0.1) is 0 Å². The Balaban J connectivity index is 1.80. The van der Waals surface area contributed by atoms with Gasteiger partial charge in [-0.05, 0) is 61.3 Å². The summed E-state index contributed by atoms with van der Waals surface area (Å²) < 4.78 is 13.3. The lowest BCUT2D eigenvalue weighted by Gasteiger charge is -2.28. The molecule has 2 aromatic carbocycles. The van der Waals surface area contributed by atoms with Crippen LogP contribution in [0.5, 0.6) is 0 Å². The van der Waals surface area contributed by atoms with Crippen LogP contribution < -0.4 is 0 Å². The Morgan fingerprint density at radius 3 is 2.43 bits per heavy atom. The molecule has 1 unspecified atom stereocenters. The molecule has 1 saturated heterocycles. The van der Waals surface area contributed by atoms with E-state index in [9.17, 15) is 4.39 Å². The molecule has 3 heteroatoms. The predicted octanol–water partition coefficient (Wildman–Crippen LogP) is 4.56. The molecule has 0 saturated carbocycles. The van der Waals surface area contributed by atoms with Gasteiger partial charge in [0.05, 0.1) is 11.6 Å². The Bertz CT molecular complexity index is 807. The zero-order chi connectivity index (χ0) is 15.6. The molecular weight excluding hydrogens is 287 g/mol. The van der Waals surface area contributed by atoms with Crippen molar-refractivity contribution in [3.8, 4) is 0 Å². The monoisotopic (exact) mass is 306 g/mol. The van der Waals surface area contributed by atoms with E-state index in [1.807, 2.05) is 24.4 Å². The largest absolute Gasteiger partial charge is 0.292 e. The zero-order valence-corrected chi connectivity index (χ0v) is 13.0. The number of benzene rings is 2. The van der Waals surface area contributed by atoms with Gasteiger partial charge in [0.1, 0.15) is 5.82 Å². The highest BCUT2D eigenvalue weighted by atomic mass is 19.1. The highest BCUT2D eigenvalue weighted by Gasteiger charge is 2.25. The minimum atomic E-state index is -0.186. The van der Waals surface area contributed by atoms with Crippen molar-refractivity contribution in [3.63, 3.8) is 0 Å². The Morgan fingerprint density at radius 2 is 1.65 bits per heavy atom. The summed E-state index contributed by atoms with van der Waals surface area (Å²) in [6.07, 6.45) is 4.28. The second kappa shape index (κ2) is 6.09. The molecule has 3 aromatic rings. The number of aromatic nitrogens is 1. The average Bonchev–Trinajstić information content (AvgIpc) is 3.11. The lowest BCUT2D eigenvalue weighted by atomic mass is 9.96. The highest BCUT2D eigenvalue weighted by Crippen LogP contribution is 2.32. The van der Waals surface area contributed by atoms with E-state index in [-0.39, 0.29) is 11.9 Å². The SMILES string of the molecule is Fc1ccc(C(c2ccc3cccnc3c2)N2CCCC2)cc1. The quantitative estimate of drug-likeness (QED) is 0.705. The fraction of sp³-hybridized carbons (Fsp3) is 0.250. The number of rotatable bonds is 3. The molecule has 0 aliphatic carbocycles. The first-order chi connectivity index (χ1) is 11.3. The Hall–Kier alpha value is -2.26. The molecular formula is C20H19FN2. The lowest BCUT2D eigenvalue weighted by Crippen LogP contribution is -2.26. The van der Waals surface area contributed by atoms with E-state index < -0.39 is 0 Å². The van der Waals surface area contributed by atoms with Gasteiger partial charge in [-0.3, -0.25) is 9.88 Å². The smallest absolute Gasteiger partial charge is 0.123 e. The summed E-state index contributed by atoms with van der Waals surface area (Å²) in [6, 6.07) is 17.6. The van der Waals surface area contributed by atoms with E-state index in [0.29, 0.717) is 0 Å². The van der Waals surface area contributed by atoms with Gasteiger partial charge in [0.2, 0.25) is 0 Å². The van der Waals surface area contributed by atoms with Gasteiger partial charge in [-0.2, -0.15) is 0 Å². The van der Waals surface area contributed by atoms with Gasteiger partial charge < -0.3 is 0 Å². The number of pyridine rings is 1. The minimum Gasteiger partial charge on any atom is -0.292 e. The van der Waals surface area contributed by atoms with Crippen molar-refractivity contribution in [3.05, 3.63) is 77.7 Å². The summed E-state index contributed by atoms with van der Waals surface area (Å²) in [6.45, 7) is 2.17. The van der Waals surface area contributed by atoms with Crippen LogP contribution in [0, 0.1) is 5.82 Å². The van der Waals surface area contributed by atoms with Crippen molar-refractivity contribution in [2.24, 2.45) is 0 Å². The van der Waals surface area contributed by atoms with E-state index in [1.165, 1.54) is 18.4 Å². The van der Waals surface area contributed by atoms with Gasteiger partial charge >= 0.3 is 0 Å². The first kappa shape index (κ1) is 14.3. The van der Waals surface area contributed by atoms with Crippen LogP contribution in [0.15, 0.2) is 60.8 Å². The molecule has 0 amide bonds. The van der Waals surface area contributed by atoms with E-state index in [2.05, 4.69) is 34.1 Å². The normalized spacial score (nSPS) is 16.7. The van der Waals surface area contributed by atoms with Crippen LogP contribution >= 0.6 is 0 Å². The molecule has 1 atom stereocenters. The third kappa shape index (κ3) is 2.84. The third-order valence-corrected chi connectivity index (χ3v) is 4.64. The second-order valence-electron chi connectivity index (χ2n) is 6.15. The molecule has 23 heavy (non-hydrogen) atoms. The summed E-state index contributed by atoms with van der Waals surface area (Å²) in [5.41, 5.74) is 3.38. The summed E-state index contributed by atoms with van der Waals surface area (Å²) in [7, 11) is 0. The van der Waals surface area contributed by atoms with Gasteiger partial charge in [0.15, 0.2) is 0 Å². The van der Waals surface area contributed by atoms with Crippen LogP contribution in [-0.4, -0.2) is 23.0 Å². The Kier molecular flexibility index (Phi) is 3.80. The fourth-order valence-corrected chi connectivity index (χ4v) is 3.51. The number of fused-ring (bicyclic) bond motifs is 1. The molecule has 2 nitrogen and oxygen atoms in total. The summed E-state index contributed by atoms with van der Waals surface area (Å²) in [5, 5.41) is 1.15. The lowest BCUT2D eigenvalue weighted by molar-refractivity contribution is 0.281. The summed E-state index contributed by atoms with van der Waals surface area (Å²) in [5.74, 6) is -0.186. The molecule has 0 bridgehead atoms. The Morgan fingerprint density at radius 1 is 0.913 bits per heavy atom. The van der Waals surface area contributed by atoms with E-state index >= 15 is 0 Å². The molecule has 0 N–H and O–H groups in total. The first-order valence-corrected chi connectivity index (χ1v) is 8.15. The maximum atomic E-state index is 13.3. The second-order valence-corrected chi connectivity index (χ2v) is 6.15. The fourth-order valence-electron chi connectivity index (χ4n) is 3.51. The standard InChI is InChI=1S/C20H19FN2/c21-18-9-7-16(8-10-18)20(23-12-1-2-13-23)17-6-5-15-4-3-11-22-19(15)14-17/h3-11,14,20H,1-2,12-13H2. The molecule has 1 aliphatic rings. The van der Waals surface area contributed by atoms with E-state index in [0.717, 1.165) is 29.6 Å². The molecule has 1 aromatic heterocycles. The van der Waals surface area contributed by atoms with E-state index in [4.69, 9.17) is 0 Å². The maximum absolute atomic E-state index is 13.3. The van der Waals surface area contributed by atoms with Crippen LogP contribution in [0.3, 0.4) is 0 Å². The van der Waals surface area contributed by atoms with Gasteiger partial charge in [-0.25, -0.2) is 4.39 Å². The number of likely N-dealkylation sites (tertiary alicyclic amines) is 1. The van der Waals surface area contributed by atoms with Crippen LogP contribution in [-0.2, 0) is 0 Å². The first-order valence-electron chi connectivity index (χ1n) is 8.15. The van der Waals surface area contributed by atoms with Gasteiger partial charge in [-0.1, -0.05) is 30.3 Å².